The zero-order chi connectivity index (χ0) is 28.1. The Kier molecular flexibility index (Phi) is 8.75. The standard InChI is InChI=1S/C24H20F8N2O3S/c25-17-7-9-21(10-8-17)38(35,36)33-18-4-2-5-19(14-18)34(12-11-23(28,29)30)15-16-3-1-6-20(13-16)37-24(31,32)22(26)27/h1-10,13-14,22,33H,11-12,15H2. The summed E-state index contributed by atoms with van der Waals surface area (Å²) in [6.07, 6.45) is -14.7. The molecule has 0 atom stereocenters. The van der Waals surface area contributed by atoms with Gasteiger partial charge in [-0.15, -0.1) is 0 Å². The van der Waals surface area contributed by atoms with Crippen molar-refractivity contribution in [2.75, 3.05) is 16.2 Å². The Bertz CT molecular complexity index is 1330. The summed E-state index contributed by atoms with van der Waals surface area (Å²) in [4.78, 5) is 0.948. The molecule has 0 amide bonds. The highest BCUT2D eigenvalue weighted by Crippen LogP contribution is 2.30. The van der Waals surface area contributed by atoms with Crippen LogP contribution in [-0.2, 0) is 16.6 Å². The lowest BCUT2D eigenvalue weighted by Gasteiger charge is -2.26. The quantitative estimate of drug-likeness (QED) is 0.258. The number of alkyl halides is 7. The first kappa shape index (κ1) is 29.0. The summed E-state index contributed by atoms with van der Waals surface area (Å²) < 4.78 is 135. The van der Waals surface area contributed by atoms with Gasteiger partial charge in [-0.2, -0.15) is 30.7 Å². The molecule has 3 aromatic rings. The molecule has 0 bridgehead atoms. The number of hydrogen-bond acceptors (Lipinski definition) is 4. The van der Waals surface area contributed by atoms with Crippen LogP contribution in [0.5, 0.6) is 5.75 Å². The number of ether oxygens (including phenoxy) is 1. The van der Waals surface area contributed by atoms with Crippen LogP contribution >= 0.6 is 0 Å². The normalized spacial score (nSPS) is 12.4. The molecular weight excluding hydrogens is 548 g/mol. The predicted molar refractivity (Wildman–Crippen MR) is 123 cm³/mol. The zero-order valence-corrected chi connectivity index (χ0v) is 20.0. The molecule has 1 N–H and O–H groups in total. The Balaban J connectivity index is 1.87. The second-order valence-corrected chi connectivity index (χ2v) is 9.69. The van der Waals surface area contributed by atoms with Gasteiger partial charge in [0.1, 0.15) is 11.6 Å². The molecule has 0 aliphatic rings. The highest BCUT2D eigenvalue weighted by Gasteiger charge is 2.44. The van der Waals surface area contributed by atoms with E-state index >= 15 is 0 Å². The molecule has 38 heavy (non-hydrogen) atoms. The van der Waals surface area contributed by atoms with E-state index in [4.69, 9.17) is 0 Å². The van der Waals surface area contributed by atoms with Crippen molar-refractivity contribution in [3.8, 4) is 5.75 Å². The van der Waals surface area contributed by atoms with E-state index in [0.717, 1.165) is 36.4 Å². The zero-order valence-electron chi connectivity index (χ0n) is 19.2. The summed E-state index contributed by atoms with van der Waals surface area (Å²) in [6, 6.07) is 13.9. The molecule has 0 aliphatic heterocycles. The minimum absolute atomic E-state index is 0.0162. The number of sulfonamides is 1. The van der Waals surface area contributed by atoms with E-state index in [1.54, 1.807) is 0 Å². The molecule has 3 rings (SSSR count). The van der Waals surface area contributed by atoms with Crippen LogP contribution in [0.1, 0.15) is 12.0 Å². The van der Waals surface area contributed by atoms with Crippen molar-refractivity contribution in [2.45, 2.75) is 36.6 Å². The summed E-state index contributed by atoms with van der Waals surface area (Å²) in [6.45, 7) is -0.891. The maximum absolute atomic E-state index is 13.3. The van der Waals surface area contributed by atoms with Crippen LogP contribution < -0.4 is 14.4 Å². The van der Waals surface area contributed by atoms with Crippen molar-refractivity contribution in [3.05, 3.63) is 84.2 Å². The first-order valence-corrected chi connectivity index (χ1v) is 12.3. The predicted octanol–water partition coefficient (Wildman–Crippen LogP) is 6.82. The molecule has 0 spiro atoms. The molecule has 5 nitrogen and oxygen atoms in total. The molecule has 0 aliphatic carbocycles. The van der Waals surface area contributed by atoms with Crippen molar-refractivity contribution in [1.82, 2.24) is 0 Å². The van der Waals surface area contributed by atoms with E-state index < -0.39 is 53.3 Å². The molecule has 14 heteroatoms. The van der Waals surface area contributed by atoms with Gasteiger partial charge in [0.05, 0.1) is 17.0 Å². The number of rotatable bonds is 11. The molecule has 0 unspecified atom stereocenters. The van der Waals surface area contributed by atoms with Crippen LogP contribution in [0.15, 0.2) is 77.7 Å². The van der Waals surface area contributed by atoms with Crippen molar-refractivity contribution in [3.63, 3.8) is 0 Å². The lowest BCUT2D eigenvalue weighted by Crippen LogP contribution is -2.33. The van der Waals surface area contributed by atoms with Crippen LogP contribution in [0.3, 0.4) is 0 Å². The molecular formula is C24H20F8N2O3S. The number of anilines is 2. The van der Waals surface area contributed by atoms with Crippen molar-refractivity contribution in [1.29, 1.82) is 0 Å². The third-order valence-electron chi connectivity index (χ3n) is 5.03. The summed E-state index contributed by atoms with van der Waals surface area (Å²) in [5, 5.41) is 0. The summed E-state index contributed by atoms with van der Waals surface area (Å²) in [5.74, 6) is -1.27. The van der Waals surface area contributed by atoms with E-state index in [2.05, 4.69) is 9.46 Å². The first-order chi connectivity index (χ1) is 17.6. The third kappa shape index (κ3) is 8.23. The van der Waals surface area contributed by atoms with Gasteiger partial charge in [0.25, 0.3) is 10.0 Å². The number of halogens is 8. The smallest absolute Gasteiger partial charge is 0.428 e. The summed E-state index contributed by atoms with van der Waals surface area (Å²) in [7, 11) is -4.16. The minimum atomic E-state index is -4.77. The van der Waals surface area contributed by atoms with Gasteiger partial charge >= 0.3 is 18.7 Å². The Morgan fingerprint density at radius 3 is 2.18 bits per heavy atom. The number of hydrogen-bond donors (Lipinski definition) is 1. The largest absolute Gasteiger partial charge is 0.461 e. The Morgan fingerprint density at radius 1 is 0.895 bits per heavy atom. The Hall–Kier alpha value is -3.55. The van der Waals surface area contributed by atoms with Gasteiger partial charge in [-0.3, -0.25) is 4.72 Å². The molecule has 0 fully saturated rings. The number of benzene rings is 3. The Morgan fingerprint density at radius 2 is 1.55 bits per heavy atom. The van der Waals surface area contributed by atoms with Gasteiger partial charge in [-0.05, 0) is 60.2 Å². The highest BCUT2D eigenvalue weighted by atomic mass is 32.2. The van der Waals surface area contributed by atoms with E-state index in [1.807, 2.05) is 0 Å². The average molecular weight is 568 g/mol. The lowest BCUT2D eigenvalue weighted by atomic mass is 10.1. The third-order valence-corrected chi connectivity index (χ3v) is 6.43. The van der Waals surface area contributed by atoms with Gasteiger partial charge in [0.15, 0.2) is 0 Å². The fraction of sp³-hybridized carbons (Fsp3) is 0.250. The van der Waals surface area contributed by atoms with Crippen molar-refractivity contribution in [2.24, 2.45) is 0 Å². The Labute approximate surface area is 212 Å². The van der Waals surface area contributed by atoms with Gasteiger partial charge in [-0.1, -0.05) is 18.2 Å². The van der Waals surface area contributed by atoms with Crippen LogP contribution in [0.4, 0.5) is 46.5 Å². The van der Waals surface area contributed by atoms with Gasteiger partial charge in [0.2, 0.25) is 0 Å². The molecule has 0 saturated heterocycles. The lowest BCUT2D eigenvalue weighted by molar-refractivity contribution is -0.253. The van der Waals surface area contributed by atoms with Crippen LogP contribution in [0, 0.1) is 5.82 Å². The minimum Gasteiger partial charge on any atom is -0.428 e. The van der Waals surface area contributed by atoms with E-state index in [1.165, 1.54) is 41.3 Å². The molecule has 0 radical (unpaired) electrons. The highest BCUT2D eigenvalue weighted by molar-refractivity contribution is 7.92. The van der Waals surface area contributed by atoms with Crippen LogP contribution in [0.2, 0.25) is 0 Å². The molecule has 3 aromatic carbocycles. The second kappa shape index (κ2) is 11.5. The summed E-state index contributed by atoms with van der Waals surface area (Å²) in [5.41, 5.74) is 0.280. The van der Waals surface area contributed by atoms with Crippen LogP contribution in [-0.4, -0.2) is 33.7 Å². The maximum Gasteiger partial charge on any atom is 0.461 e. The van der Waals surface area contributed by atoms with Gasteiger partial charge in [0, 0.05) is 18.8 Å². The number of nitrogens with one attached hydrogen (secondary N) is 1. The molecule has 206 valence electrons. The molecule has 0 saturated carbocycles. The number of nitrogens with zero attached hydrogens (tertiary/aromatic N) is 1. The molecule has 0 aromatic heterocycles. The summed E-state index contributed by atoms with van der Waals surface area (Å²) >= 11 is 0. The van der Waals surface area contributed by atoms with Crippen molar-refractivity contribution >= 4 is 21.4 Å². The topological polar surface area (TPSA) is 58.6 Å². The maximum atomic E-state index is 13.3. The van der Waals surface area contributed by atoms with Gasteiger partial charge < -0.3 is 9.64 Å². The fourth-order valence-corrected chi connectivity index (χ4v) is 4.33. The van der Waals surface area contributed by atoms with Gasteiger partial charge in [-0.25, -0.2) is 12.8 Å². The monoisotopic (exact) mass is 568 g/mol. The SMILES string of the molecule is O=S(=O)(Nc1cccc(N(CCC(F)(F)F)Cc2cccc(OC(F)(F)C(F)F)c2)c1)c1ccc(F)cc1. The van der Waals surface area contributed by atoms with Crippen molar-refractivity contribution < 1.29 is 48.3 Å². The van der Waals surface area contributed by atoms with E-state index in [0.29, 0.717) is 0 Å². The molecule has 0 heterocycles. The fourth-order valence-electron chi connectivity index (χ4n) is 3.28. The van der Waals surface area contributed by atoms with E-state index in [9.17, 15) is 43.5 Å². The first-order valence-electron chi connectivity index (χ1n) is 10.8. The van der Waals surface area contributed by atoms with Crippen LogP contribution in [0.25, 0.3) is 0 Å². The average Bonchev–Trinajstić information content (AvgIpc) is 2.81. The second-order valence-electron chi connectivity index (χ2n) is 8.01. The van der Waals surface area contributed by atoms with E-state index in [-0.39, 0.29) is 28.4 Å².